The van der Waals surface area contributed by atoms with Crippen molar-refractivity contribution in [3.63, 3.8) is 0 Å². The van der Waals surface area contributed by atoms with Crippen molar-refractivity contribution in [1.29, 1.82) is 0 Å². The van der Waals surface area contributed by atoms with E-state index in [1.54, 1.807) is 6.33 Å². The van der Waals surface area contributed by atoms with Gasteiger partial charge < -0.3 is 9.47 Å². The van der Waals surface area contributed by atoms with Crippen molar-refractivity contribution < 1.29 is 25.2 Å². The molecule has 0 fully saturated rings. The minimum atomic E-state index is -2.34. The van der Waals surface area contributed by atoms with Gasteiger partial charge in [0, 0.05) is 67.4 Å². The van der Waals surface area contributed by atoms with Gasteiger partial charge in [-0.2, -0.15) is 12.1 Å². The first-order valence-corrected chi connectivity index (χ1v) is 16.6. The van der Waals surface area contributed by atoms with Gasteiger partial charge in [0.1, 0.15) is 5.82 Å². The summed E-state index contributed by atoms with van der Waals surface area (Å²) in [5, 5.41) is 2.19. The van der Waals surface area contributed by atoms with Crippen molar-refractivity contribution in [3.05, 3.63) is 175 Å². The normalized spacial score (nSPS) is 12.4. The molecule has 0 saturated heterocycles. The van der Waals surface area contributed by atoms with Gasteiger partial charge in [0.15, 0.2) is 17.4 Å². The predicted molar refractivity (Wildman–Crippen MR) is 206 cm³/mol. The van der Waals surface area contributed by atoms with Gasteiger partial charge >= 0.3 is 0 Å². The van der Waals surface area contributed by atoms with Gasteiger partial charge in [-0.05, 0) is 84.0 Å². The first kappa shape index (κ1) is 29.0. The maximum Gasteiger partial charge on any atom is 0.188 e. The fourth-order valence-corrected chi connectivity index (χ4v) is 7.22. The van der Waals surface area contributed by atoms with Crippen molar-refractivity contribution >= 4 is 49.9 Å². The molecule has 0 radical (unpaired) electrons. The number of aryl methyl sites for hydroxylation is 3. The molecule has 0 aliphatic rings. The van der Waals surface area contributed by atoms with Crippen LogP contribution in [0.5, 0.6) is 0 Å². The zero-order valence-corrected chi connectivity index (χ0v) is 30.3. The van der Waals surface area contributed by atoms with Crippen molar-refractivity contribution in [3.8, 4) is 22.6 Å². The van der Waals surface area contributed by atoms with Gasteiger partial charge in [-0.1, -0.05) is 77.6 Å². The molecule has 0 bridgehead atoms. The van der Waals surface area contributed by atoms with E-state index >= 15 is 0 Å². The van der Waals surface area contributed by atoms with Crippen LogP contribution >= 0.6 is 0 Å². The van der Waals surface area contributed by atoms with E-state index < -0.39 is 6.98 Å². The molecule has 3 aromatic heterocycles. The standard InChI is InChI=1S/C45H34N5.Pt/c1-31-13-11-14-32(2)45(31)33-25-26-46-44(27-33)50-40-20-8-7-19-38(40)39-24-23-37(29-43(39)50)49(34-15-5-4-6-16-34)36-18-12-17-35(28-36)48-30-47(3)41-21-9-10-22-42(41)48;/h4-27,30H,1-3H3;/q-1;/i3D3;. The fourth-order valence-electron chi connectivity index (χ4n) is 7.22. The molecule has 6 heteroatoms. The molecule has 6 aromatic carbocycles. The maximum absolute atomic E-state index is 8.18. The summed E-state index contributed by atoms with van der Waals surface area (Å²) >= 11 is 0. The summed E-state index contributed by atoms with van der Waals surface area (Å²) in [4.78, 5) is 7.06. The first-order valence-electron chi connectivity index (χ1n) is 18.1. The SMILES string of the molecule is [2H]C([2H])([2H])n1[cH+]n(-c2[c-]c(N(c3[c-]c4c(cc3)c3ccccc3n4-c3cc(-c4c(C)cccc4C)ccn3)c3ccccc3)ccc2)c2ccccc21.[Pt]. The Bertz CT molecular complexity index is 2800. The Hall–Kier alpha value is -5.77. The topological polar surface area (TPSA) is 30.9 Å². The zero-order valence-electron chi connectivity index (χ0n) is 31.0. The molecule has 0 saturated carbocycles. The third-order valence-corrected chi connectivity index (χ3v) is 9.46. The second-order valence-corrected chi connectivity index (χ2v) is 12.6. The van der Waals surface area contributed by atoms with Crippen LogP contribution in [0.15, 0.2) is 152 Å². The van der Waals surface area contributed by atoms with Crippen LogP contribution in [0.3, 0.4) is 0 Å². The Morgan fingerprint density at radius 1 is 0.667 bits per heavy atom. The maximum atomic E-state index is 8.18. The second-order valence-electron chi connectivity index (χ2n) is 12.6. The van der Waals surface area contributed by atoms with E-state index in [9.17, 15) is 0 Å². The van der Waals surface area contributed by atoms with E-state index in [1.807, 2.05) is 71.4 Å². The van der Waals surface area contributed by atoms with Gasteiger partial charge in [-0.25, -0.2) is 14.1 Å². The minimum Gasteiger partial charge on any atom is -0.358 e. The molecule has 0 spiro atoms. The van der Waals surface area contributed by atoms with Crippen LogP contribution in [0, 0.1) is 26.0 Å². The predicted octanol–water partition coefficient (Wildman–Crippen LogP) is 11.1. The van der Waals surface area contributed by atoms with Crippen molar-refractivity contribution in [2.75, 3.05) is 4.90 Å². The molecule has 0 unspecified atom stereocenters. The van der Waals surface area contributed by atoms with E-state index in [-0.39, 0.29) is 21.1 Å². The minimum absolute atomic E-state index is 0. The number of benzene rings is 6. The third kappa shape index (κ3) is 5.55. The van der Waals surface area contributed by atoms with Crippen LogP contribution in [0.25, 0.3) is 55.5 Å². The molecule has 0 aliphatic carbocycles. The quantitative estimate of drug-likeness (QED) is 0.156. The van der Waals surface area contributed by atoms with Gasteiger partial charge in [0.05, 0.1) is 0 Å². The molecule has 51 heavy (non-hydrogen) atoms. The largest absolute Gasteiger partial charge is 0.358 e. The third-order valence-electron chi connectivity index (χ3n) is 9.46. The number of nitrogens with zero attached hydrogens (tertiary/aromatic N) is 5. The van der Waals surface area contributed by atoms with Crippen molar-refractivity contribution in [2.45, 2.75) is 13.8 Å². The summed E-state index contributed by atoms with van der Waals surface area (Å²) in [6, 6.07) is 54.4. The summed E-state index contributed by atoms with van der Waals surface area (Å²) in [6.45, 7) is 1.96. The number of fused-ring (bicyclic) bond motifs is 4. The molecule has 9 aromatic rings. The summed E-state index contributed by atoms with van der Waals surface area (Å²) in [7, 11) is 0. The summed E-state index contributed by atoms with van der Waals surface area (Å²) < 4.78 is 30.0. The Morgan fingerprint density at radius 2 is 1.37 bits per heavy atom. The van der Waals surface area contributed by atoms with Crippen molar-refractivity contribution in [2.24, 2.45) is 6.98 Å². The van der Waals surface area contributed by atoms with E-state index in [2.05, 4.69) is 114 Å². The Balaban J connectivity index is 0.00000413. The van der Waals surface area contributed by atoms with Gasteiger partial charge in [0.2, 0.25) is 0 Å². The van der Waals surface area contributed by atoms with Crippen LogP contribution < -0.4 is 4.90 Å². The fraction of sp³-hybridized carbons (Fsp3) is 0.0667. The number of imidazole rings is 1. The van der Waals surface area contributed by atoms with E-state index in [0.717, 1.165) is 55.8 Å². The molecule has 0 aliphatic heterocycles. The second kappa shape index (κ2) is 13.2. The van der Waals surface area contributed by atoms with E-state index in [0.29, 0.717) is 11.2 Å². The van der Waals surface area contributed by atoms with Gasteiger partial charge in [0.25, 0.3) is 0 Å². The number of hydrogen-bond acceptors (Lipinski definition) is 2. The van der Waals surface area contributed by atoms with Crippen LogP contribution in [-0.4, -0.2) is 18.7 Å². The Kier molecular flexibility index (Phi) is 7.49. The molecule has 5 nitrogen and oxygen atoms in total. The Morgan fingerprint density at radius 3 is 2.18 bits per heavy atom. The molecule has 0 amide bonds. The number of pyridine rings is 1. The van der Waals surface area contributed by atoms with Crippen molar-refractivity contribution in [1.82, 2.24) is 18.7 Å². The van der Waals surface area contributed by atoms with Gasteiger partial charge in [-0.15, -0.1) is 29.7 Å². The molecule has 9 rings (SSSR count). The molecule has 3 heterocycles. The van der Waals surface area contributed by atoms with Gasteiger partial charge in [-0.3, -0.25) is 0 Å². The van der Waals surface area contributed by atoms with E-state index in [4.69, 9.17) is 9.10 Å². The number of anilines is 3. The van der Waals surface area contributed by atoms with Crippen LogP contribution in [0.1, 0.15) is 15.2 Å². The number of rotatable bonds is 6. The van der Waals surface area contributed by atoms with E-state index in [1.165, 1.54) is 21.3 Å². The van der Waals surface area contributed by atoms with Crippen LogP contribution in [-0.2, 0) is 28.0 Å². The number of aromatic nitrogens is 4. The molecule has 0 N–H and O–H groups in total. The smallest absolute Gasteiger partial charge is 0.188 e. The van der Waals surface area contributed by atoms with Crippen LogP contribution in [0.2, 0.25) is 0 Å². The molecular formula is C45H34N5Pt-. The average Bonchev–Trinajstić information content (AvgIpc) is 3.72. The first-order chi connectivity index (χ1) is 25.8. The summed E-state index contributed by atoms with van der Waals surface area (Å²) in [6.07, 6.45) is 3.52. The zero-order chi connectivity index (χ0) is 36.3. The average molecular weight is 843 g/mol. The molecule has 250 valence electrons. The number of hydrogen-bond donors (Lipinski definition) is 0. The summed E-state index contributed by atoms with van der Waals surface area (Å²) in [5.74, 6) is 0.812. The molecule has 0 atom stereocenters. The Labute approximate surface area is 316 Å². The summed E-state index contributed by atoms with van der Waals surface area (Å²) in [5.41, 5.74) is 11.4. The number of para-hydroxylation sites is 4. The monoisotopic (exact) mass is 842 g/mol. The van der Waals surface area contributed by atoms with Crippen LogP contribution in [0.4, 0.5) is 17.1 Å². The molecular weight excluding hydrogens is 806 g/mol.